The summed E-state index contributed by atoms with van der Waals surface area (Å²) in [6.07, 6.45) is 10.5. The van der Waals surface area contributed by atoms with E-state index < -0.39 is 17.5 Å². The van der Waals surface area contributed by atoms with Crippen LogP contribution in [0, 0.1) is 3.57 Å². The largest absolute Gasteiger partial charge is 0.443 e. The first-order valence-electron chi connectivity index (χ1n) is 13.4. The fourth-order valence-corrected chi connectivity index (χ4v) is 5.19. The molecule has 5 rings (SSSR count). The molecular weight excluding hydrogens is 623 g/mol. The number of aliphatic hydroxyl groups is 2. The number of ether oxygens (including phenoxy) is 2. The lowest BCUT2D eigenvalue weighted by atomic mass is 10.1. The minimum atomic E-state index is -0.478. The van der Waals surface area contributed by atoms with Gasteiger partial charge in [-0.1, -0.05) is 26.2 Å². The average Bonchev–Trinajstić information content (AvgIpc) is 3.68. The summed E-state index contributed by atoms with van der Waals surface area (Å²) in [6.45, 7) is 2.12. The second-order valence-corrected chi connectivity index (χ2v) is 11.0. The van der Waals surface area contributed by atoms with E-state index in [1.165, 1.54) is 34.6 Å². The van der Waals surface area contributed by atoms with Crippen LogP contribution in [-0.4, -0.2) is 54.7 Å². The van der Waals surface area contributed by atoms with Gasteiger partial charge >= 0.3 is 11.4 Å². The highest BCUT2D eigenvalue weighted by atomic mass is 127. The molecular formula is C26H35IN4O8. The number of unbranched alkanes of at least 4 members (excludes halogenated alkanes) is 3. The monoisotopic (exact) mass is 658 g/mol. The van der Waals surface area contributed by atoms with Crippen LogP contribution in [0.25, 0.3) is 11.1 Å². The van der Waals surface area contributed by atoms with Crippen LogP contribution in [0.5, 0.6) is 0 Å². The maximum absolute atomic E-state index is 12.2. The number of nitrogens with one attached hydrogen (secondary N) is 1. The summed E-state index contributed by atoms with van der Waals surface area (Å²) >= 11 is 1.86. The number of nitrogens with zero attached hydrogens (tertiary/aromatic N) is 3. The third-order valence-corrected chi connectivity index (χ3v) is 7.65. The molecule has 3 aromatic heterocycles. The van der Waals surface area contributed by atoms with Crippen molar-refractivity contribution >= 4 is 33.7 Å². The highest BCUT2D eigenvalue weighted by Gasteiger charge is 2.28. The van der Waals surface area contributed by atoms with Crippen molar-refractivity contribution in [1.29, 1.82) is 0 Å². The summed E-state index contributed by atoms with van der Waals surface area (Å²) in [5, 5.41) is 18.9. The van der Waals surface area contributed by atoms with Gasteiger partial charge in [0.1, 0.15) is 18.2 Å². The third-order valence-electron chi connectivity index (χ3n) is 6.89. The molecule has 39 heavy (non-hydrogen) atoms. The number of hydrogen-bond donors (Lipinski definition) is 3. The number of furan rings is 1. The summed E-state index contributed by atoms with van der Waals surface area (Å²) in [5.74, 6) is 0.876. The van der Waals surface area contributed by atoms with E-state index in [1.54, 1.807) is 6.20 Å². The van der Waals surface area contributed by atoms with Crippen molar-refractivity contribution < 1.29 is 24.1 Å². The summed E-state index contributed by atoms with van der Waals surface area (Å²) in [6, 6.07) is 1.96. The lowest BCUT2D eigenvalue weighted by Gasteiger charge is -2.14. The number of aliphatic hydroxyl groups excluding tert-OH is 2. The highest BCUT2D eigenvalue weighted by molar-refractivity contribution is 14.1. The zero-order valence-electron chi connectivity index (χ0n) is 21.9. The Morgan fingerprint density at radius 1 is 0.974 bits per heavy atom. The second kappa shape index (κ2) is 13.8. The second-order valence-electron chi connectivity index (χ2n) is 9.80. The van der Waals surface area contributed by atoms with Crippen molar-refractivity contribution in [3.8, 4) is 0 Å². The van der Waals surface area contributed by atoms with Crippen LogP contribution in [0.15, 0.2) is 37.3 Å². The Bertz CT molecular complexity index is 1410. The smallest absolute Gasteiger partial charge is 0.353 e. The van der Waals surface area contributed by atoms with Crippen molar-refractivity contribution in [2.24, 2.45) is 0 Å². The minimum absolute atomic E-state index is 0.0193. The van der Waals surface area contributed by atoms with Gasteiger partial charge in [-0.25, -0.2) is 9.59 Å². The molecule has 13 heteroatoms. The number of fused-ring (bicyclic) bond motifs is 1. The topological polar surface area (TPSA) is 162 Å². The lowest BCUT2D eigenvalue weighted by Crippen LogP contribution is -2.33. The summed E-state index contributed by atoms with van der Waals surface area (Å²) in [5.41, 5.74) is -0.839. The van der Waals surface area contributed by atoms with Gasteiger partial charge in [0.2, 0.25) is 5.71 Å². The molecule has 0 amide bonds. The Morgan fingerprint density at radius 3 is 2.26 bits per heavy atom. The Hall–Kier alpha value is -2.33. The number of aromatic amines is 1. The Balaban J connectivity index is 0.000000193. The van der Waals surface area contributed by atoms with E-state index in [2.05, 4.69) is 16.9 Å². The molecule has 2 fully saturated rings. The lowest BCUT2D eigenvalue weighted by molar-refractivity contribution is -0.0247. The van der Waals surface area contributed by atoms with Crippen molar-refractivity contribution in [3.63, 3.8) is 0 Å². The molecule has 5 heterocycles. The van der Waals surface area contributed by atoms with Crippen LogP contribution in [0.1, 0.15) is 76.5 Å². The van der Waals surface area contributed by atoms with E-state index >= 15 is 0 Å². The first kappa shape index (κ1) is 29.6. The quantitative estimate of drug-likeness (QED) is 0.232. The van der Waals surface area contributed by atoms with Crippen LogP contribution < -0.4 is 16.9 Å². The van der Waals surface area contributed by atoms with Gasteiger partial charge in [0.15, 0.2) is 0 Å². The normalized spacial score (nSPS) is 22.8. The summed E-state index contributed by atoms with van der Waals surface area (Å²) < 4.78 is 20.1. The number of H-pyrrole nitrogens is 1. The third kappa shape index (κ3) is 7.45. The van der Waals surface area contributed by atoms with E-state index in [-0.39, 0.29) is 37.3 Å². The van der Waals surface area contributed by atoms with Crippen LogP contribution >= 0.6 is 22.6 Å². The molecule has 0 unspecified atom stereocenters. The average molecular weight is 658 g/mol. The number of aryl methyl sites for hydroxylation is 1. The summed E-state index contributed by atoms with van der Waals surface area (Å²) in [4.78, 5) is 41.1. The molecule has 214 valence electrons. The molecule has 3 aromatic rings. The number of hydrogen-bond acceptors (Lipinski definition) is 9. The highest BCUT2D eigenvalue weighted by Crippen LogP contribution is 2.28. The zero-order valence-corrected chi connectivity index (χ0v) is 24.0. The summed E-state index contributed by atoms with van der Waals surface area (Å²) in [7, 11) is 0. The minimum Gasteiger partial charge on any atom is -0.443 e. The number of halogens is 1. The zero-order chi connectivity index (χ0) is 27.9. The molecule has 0 aromatic carbocycles. The standard InChI is InChI=1S/C17H24N2O4.C9H11IN2O4/c1-2-3-4-5-6-13-9-12-10-19(17(21)18-16(12)23-13)15-8-7-14(11-20)22-15;10-6-3-12(9(15)11-8(6)14)7-2-1-5(4-13)16-7/h9-10,14-15,20H,2-8,11H2,1H3;3,5,7,13H,1-2,4H2,(H,11,14,15)/t14-,15+;5-,7+/m11/s1. The van der Waals surface area contributed by atoms with Gasteiger partial charge in [-0.15, -0.1) is 0 Å². The van der Waals surface area contributed by atoms with Crippen molar-refractivity contribution in [2.45, 2.75) is 89.4 Å². The molecule has 2 saturated heterocycles. The van der Waals surface area contributed by atoms with Gasteiger partial charge in [0.25, 0.3) is 5.56 Å². The molecule has 2 aliphatic heterocycles. The molecule has 0 spiro atoms. The fourth-order valence-electron chi connectivity index (χ4n) is 4.76. The Kier molecular flexibility index (Phi) is 10.5. The van der Waals surface area contributed by atoms with Crippen molar-refractivity contribution in [2.75, 3.05) is 13.2 Å². The molecule has 0 bridgehead atoms. The van der Waals surface area contributed by atoms with Crippen molar-refractivity contribution in [1.82, 2.24) is 19.1 Å². The first-order valence-corrected chi connectivity index (χ1v) is 14.5. The van der Waals surface area contributed by atoms with E-state index in [0.29, 0.717) is 28.5 Å². The van der Waals surface area contributed by atoms with Crippen LogP contribution in [-0.2, 0) is 15.9 Å². The van der Waals surface area contributed by atoms with Crippen molar-refractivity contribution in [3.05, 3.63) is 59.1 Å². The van der Waals surface area contributed by atoms with Gasteiger partial charge in [-0.05, 0) is 60.8 Å². The SMILES string of the molecule is CCCCCCc1cc2cn([C@@H]3CC[C@H](CO)O3)c(=O)nc2o1.O=c1[nH]c(=O)n([C@@H]2CC[C@H](CO)O2)cc1I. The van der Waals surface area contributed by atoms with Crippen LogP contribution in [0.3, 0.4) is 0 Å². The number of aromatic nitrogens is 4. The molecule has 0 saturated carbocycles. The predicted molar refractivity (Wildman–Crippen MR) is 151 cm³/mol. The molecule has 0 aliphatic carbocycles. The molecule has 3 N–H and O–H groups in total. The Labute approximate surface area is 238 Å². The first-order chi connectivity index (χ1) is 18.8. The maximum Gasteiger partial charge on any atom is 0.353 e. The Morgan fingerprint density at radius 2 is 1.64 bits per heavy atom. The molecule has 2 aliphatic rings. The molecule has 12 nitrogen and oxygen atoms in total. The number of rotatable bonds is 9. The van der Waals surface area contributed by atoms with Gasteiger partial charge in [0.05, 0.1) is 34.4 Å². The van der Waals surface area contributed by atoms with Gasteiger partial charge < -0.3 is 24.1 Å². The van der Waals surface area contributed by atoms with E-state index in [0.717, 1.165) is 30.4 Å². The maximum atomic E-state index is 12.2. The van der Waals surface area contributed by atoms with E-state index in [1.807, 2.05) is 28.7 Å². The van der Waals surface area contributed by atoms with Gasteiger partial charge in [-0.3, -0.25) is 18.9 Å². The predicted octanol–water partition coefficient (Wildman–Crippen LogP) is 2.59. The molecule has 0 radical (unpaired) electrons. The molecule has 4 atom stereocenters. The van der Waals surface area contributed by atoms with Crippen LogP contribution in [0.2, 0.25) is 0 Å². The fraction of sp³-hybridized carbons (Fsp3) is 0.615. The van der Waals surface area contributed by atoms with Gasteiger partial charge in [-0.2, -0.15) is 4.98 Å². The van der Waals surface area contributed by atoms with E-state index in [9.17, 15) is 14.4 Å². The van der Waals surface area contributed by atoms with Crippen LogP contribution in [0.4, 0.5) is 0 Å². The van der Waals surface area contributed by atoms with Gasteiger partial charge in [0, 0.05) is 18.8 Å². The van der Waals surface area contributed by atoms with E-state index in [4.69, 9.17) is 24.1 Å².